The van der Waals surface area contributed by atoms with Crippen LogP contribution in [-0.2, 0) is 17.6 Å². The smallest absolute Gasteiger partial charge is 0.274 e. The number of benzene rings is 3. The van der Waals surface area contributed by atoms with Crippen LogP contribution in [-0.4, -0.2) is 23.6 Å². The molecule has 1 spiro atoms. The highest BCUT2D eigenvalue weighted by Crippen LogP contribution is 2.46. The van der Waals surface area contributed by atoms with Gasteiger partial charge in [0, 0.05) is 17.5 Å². The zero-order valence-corrected chi connectivity index (χ0v) is 16.0. The Bertz CT molecular complexity index is 1130. The van der Waals surface area contributed by atoms with Gasteiger partial charge in [-0.3, -0.25) is 14.8 Å². The Labute approximate surface area is 168 Å². The number of rotatable bonds is 2. The number of anilines is 1. The molecule has 0 unspecified atom stereocenters. The standard InChI is InChI=1S/C24H22N2O3/c27-22(25-29)18-8-9-19-15-24(11-10-17(19)14-18)12-13-26(23(24)28)21-7-3-5-16-4-1-2-6-20(16)21/h1-9,14,29H,10-13,15H2,(H,25,27)/t24-/m0/s1. The molecular weight excluding hydrogens is 364 g/mol. The minimum Gasteiger partial charge on any atom is -0.311 e. The predicted molar refractivity (Wildman–Crippen MR) is 111 cm³/mol. The number of fused-ring (bicyclic) bond motifs is 2. The lowest BCUT2D eigenvalue weighted by molar-refractivity contribution is -0.126. The molecule has 2 amide bonds. The number of carbonyl (C=O) groups is 2. The summed E-state index contributed by atoms with van der Waals surface area (Å²) in [4.78, 5) is 27.2. The molecule has 2 N–H and O–H groups in total. The molecule has 0 radical (unpaired) electrons. The summed E-state index contributed by atoms with van der Waals surface area (Å²) in [6, 6.07) is 19.8. The molecule has 0 bridgehead atoms. The van der Waals surface area contributed by atoms with Gasteiger partial charge >= 0.3 is 0 Å². The predicted octanol–water partition coefficient (Wildman–Crippen LogP) is 3.87. The fourth-order valence-corrected chi connectivity index (χ4v) is 4.95. The lowest BCUT2D eigenvalue weighted by atomic mass is 9.70. The highest BCUT2D eigenvalue weighted by atomic mass is 16.5. The summed E-state index contributed by atoms with van der Waals surface area (Å²) in [7, 11) is 0. The monoisotopic (exact) mass is 386 g/mol. The van der Waals surface area contributed by atoms with Crippen LogP contribution in [0.5, 0.6) is 0 Å². The van der Waals surface area contributed by atoms with Gasteiger partial charge in [-0.2, -0.15) is 0 Å². The van der Waals surface area contributed by atoms with Gasteiger partial charge < -0.3 is 4.90 Å². The van der Waals surface area contributed by atoms with E-state index in [0.717, 1.165) is 53.4 Å². The number of nitrogens with one attached hydrogen (secondary N) is 1. The molecule has 3 aromatic carbocycles. The molecule has 1 atom stereocenters. The topological polar surface area (TPSA) is 69.6 Å². The van der Waals surface area contributed by atoms with Gasteiger partial charge in [0.05, 0.1) is 11.1 Å². The SMILES string of the molecule is O=C(NO)c1ccc2c(c1)CC[C@]1(CCN(c3cccc4ccccc34)C1=O)C2. The van der Waals surface area contributed by atoms with Crippen molar-refractivity contribution in [1.82, 2.24) is 5.48 Å². The first-order chi connectivity index (χ1) is 14.1. The number of nitrogens with zero attached hydrogens (tertiary/aromatic N) is 1. The van der Waals surface area contributed by atoms with Gasteiger partial charge in [0.1, 0.15) is 0 Å². The normalized spacial score (nSPS) is 20.9. The Morgan fingerprint density at radius 3 is 2.69 bits per heavy atom. The molecule has 3 aromatic rings. The number of amides is 2. The van der Waals surface area contributed by atoms with Gasteiger partial charge in [-0.15, -0.1) is 0 Å². The number of aryl methyl sites for hydroxylation is 1. The van der Waals surface area contributed by atoms with Crippen LogP contribution in [0.4, 0.5) is 5.69 Å². The fraction of sp³-hybridized carbons (Fsp3) is 0.250. The highest BCUT2D eigenvalue weighted by molar-refractivity contribution is 6.07. The fourth-order valence-electron chi connectivity index (χ4n) is 4.95. The first kappa shape index (κ1) is 17.9. The van der Waals surface area contributed by atoms with Crippen LogP contribution in [0, 0.1) is 5.41 Å². The highest BCUT2D eigenvalue weighted by Gasteiger charge is 2.48. The van der Waals surface area contributed by atoms with E-state index in [0.29, 0.717) is 12.0 Å². The van der Waals surface area contributed by atoms with Crippen molar-refractivity contribution < 1.29 is 14.8 Å². The Kier molecular flexibility index (Phi) is 4.14. The van der Waals surface area contributed by atoms with Crippen molar-refractivity contribution in [2.45, 2.75) is 25.7 Å². The van der Waals surface area contributed by atoms with Crippen LogP contribution in [0.25, 0.3) is 10.8 Å². The summed E-state index contributed by atoms with van der Waals surface area (Å²) in [5, 5.41) is 11.1. The lowest BCUT2D eigenvalue weighted by Gasteiger charge is -2.33. The first-order valence-corrected chi connectivity index (χ1v) is 9.97. The van der Waals surface area contributed by atoms with E-state index in [1.54, 1.807) is 11.5 Å². The molecule has 1 fully saturated rings. The van der Waals surface area contributed by atoms with Crippen LogP contribution in [0.1, 0.15) is 34.3 Å². The summed E-state index contributed by atoms with van der Waals surface area (Å²) in [6.45, 7) is 0.729. The van der Waals surface area contributed by atoms with Crippen molar-refractivity contribution in [3.8, 4) is 0 Å². The molecule has 5 nitrogen and oxygen atoms in total. The summed E-state index contributed by atoms with van der Waals surface area (Å²) in [5.74, 6) is -0.302. The van der Waals surface area contributed by atoms with E-state index in [2.05, 4.69) is 18.2 Å². The minimum absolute atomic E-state index is 0.205. The zero-order valence-electron chi connectivity index (χ0n) is 16.0. The van der Waals surface area contributed by atoms with E-state index in [1.165, 1.54) is 0 Å². The first-order valence-electron chi connectivity index (χ1n) is 9.97. The van der Waals surface area contributed by atoms with Crippen molar-refractivity contribution in [2.75, 3.05) is 11.4 Å². The van der Waals surface area contributed by atoms with Crippen molar-refractivity contribution >= 4 is 28.3 Å². The molecule has 146 valence electrons. The van der Waals surface area contributed by atoms with Gasteiger partial charge in [-0.25, -0.2) is 5.48 Å². The second-order valence-electron chi connectivity index (χ2n) is 8.09. The third kappa shape index (κ3) is 2.81. The van der Waals surface area contributed by atoms with E-state index in [9.17, 15) is 9.59 Å². The largest absolute Gasteiger partial charge is 0.311 e. The maximum Gasteiger partial charge on any atom is 0.274 e. The van der Waals surface area contributed by atoms with Gasteiger partial charge in [0.2, 0.25) is 5.91 Å². The third-order valence-corrected chi connectivity index (χ3v) is 6.54. The van der Waals surface area contributed by atoms with Crippen LogP contribution >= 0.6 is 0 Å². The molecule has 1 aliphatic carbocycles. The van der Waals surface area contributed by atoms with Gasteiger partial charge in [0.25, 0.3) is 5.91 Å². The number of carbonyl (C=O) groups excluding carboxylic acids is 2. The number of hydroxylamine groups is 1. The van der Waals surface area contributed by atoms with E-state index in [1.807, 2.05) is 41.3 Å². The molecule has 2 aliphatic rings. The average molecular weight is 386 g/mol. The van der Waals surface area contributed by atoms with Crippen LogP contribution in [0.2, 0.25) is 0 Å². The molecule has 5 heteroatoms. The molecule has 1 saturated heterocycles. The zero-order chi connectivity index (χ0) is 20.0. The molecule has 29 heavy (non-hydrogen) atoms. The van der Waals surface area contributed by atoms with Gasteiger partial charge in [0.15, 0.2) is 0 Å². The second-order valence-corrected chi connectivity index (χ2v) is 8.09. The van der Waals surface area contributed by atoms with Crippen LogP contribution < -0.4 is 10.4 Å². The van der Waals surface area contributed by atoms with Gasteiger partial charge in [-0.05, 0) is 60.4 Å². The molecular formula is C24H22N2O3. The van der Waals surface area contributed by atoms with Gasteiger partial charge in [-0.1, -0.05) is 42.5 Å². The summed E-state index contributed by atoms with van der Waals surface area (Å²) >= 11 is 0. The molecule has 1 aliphatic heterocycles. The summed E-state index contributed by atoms with van der Waals surface area (Å²) in [6.07, 6.45) is 3.08. The van der Waals surface area contributed by atoms with E-state index in [-0.39, 0.29) is 11.3 Å². The van der Waals surface area contributed by atoms with Crippen LogP contribution in [0.15, 0.2) is 60.7 Å². The molecule has 1 heterocycles. The Morgan fingerprint density at radius 2 is 1.83 bits per heavy atom. The summed E-state index contributed by atoms with van der Waals surface area (Å²) < 4.78 is 0. The van der Waals surface area contributed by atoms with Crippen molar-refractivity contribution in [3.63, 3.8) is 0 Å². The van der Waals surface area contributed by atoms with Crippen LogP contribution in [0.3, 0.4) is 0 Å². The Morgan fingerprint density at radius 1 is 1.00 bits per heavy atom. The minimum atomic E-state index is -0.507. The maximum absolute atomic E-state index is 13.6. The van der Waals surface area contributed by atoms with E-state index in [4.69, 9.17) is 5.21 Å². The van der Waals surface area contributed by atoms with Crippen molar-refractivity contribution in [1.29, 1.82) is 0 Å². The lowest BCUT2D eigenvalue weighted by Crippen LogP contribution is -2.39. The molecule has 0 aromatic heterocycles. The Hall–Kier alpha value is -3.18. The molecule has 0 saturated carbocycles. The van der Waals surface area contributed by atoms with Crippen molar-refractivity contribution in [3.05, 3.63) is 77.4 Å². The van der Waals surface area contributed by atoms with Crippen molar-refractivity contribution in [2.24, 2.45) is 5.41 Å². The maximum atomic E-state index is 13.6. The molecule has 5 rings (SSSR count). The second kappa shape index (κ2) is 6.71. The Balaban J connectivity index is 1.46. The van der Waals surface area contributed by atoms with E-state index < -0.39 is 5.91 Å². The quantitative estimate of drug-likeness (QED) is 0.519. The number of hydrogen-bond donors (Lipinski definition) is 2. The average Bonchev–Trinajstić information content (AvgIpc) is 3.07. The summed E-state index contributed by atoms with van der Waals surface area (Å²) in [5.41, 5.74) is 4.96. The third-order valence-electron chi connectivity index (χ3n) is 6.54. The van der Waals surface area contributed by atoms with E-state index >= 15 is 0 Å². The number of hydrogen-bond acceptors (Lipinski definition) is 3.